The first-order chi connectivity index (χ1) is 11.2. The molecule has 126 valence electrons. The van der Waals surface area contributed by atoms with Crippen LogP contribution in [0.15, 0.2) is 42.6 Å². The molecule has 0 spiro atoms. The first kappa shape index (κ1) is 17.5. The molecule has 0 unspecified atom stereocenters. The van der Waals surface area contributed by atoms with Gasteiger partial charge in [-0.1, -0.05) is 0 Å². The second-order valence-corrected chi connectivity index (χ2v) is 6.59. The summed E-state index contributed by atoms with van der Waals surface area (Å²) >= 11 is 0. The third-order valence-electron chi connectivity index (χ3n) is 3.32. The number of nitrogens with two attached hydrogens (primary N) is 1. The van der Waals surface area contributed by atoms with E-state index in [1.165, 1.54) is 11.1 Å². The zero-order chi connectivity index (χ0) is 17.9. The maximum absolute atomic E-state index is 12.4. The number of anilines is 2. The molecule has 0 fully saturated rings. The zero-order valence-electron chi connectivity index (χ0n) is 14.3. The maximum Gasteiger partial charge on any atom is 0.276 e. The Balaban J connectivity index is 2.13. The second kappa shape index (κ2) is 6.70. The van der Waals surface area contributed by atoms with Gasteiger partial charge in [-0.05, 0) is 57.2 Å². The number of aromatic nitrogens is 1. The van der Waals surface area contributed by atoms with Gasteiger partial charge in [0.1, 0.15) is 5.69 Å². The highest BCUT2D eigenvalue weighted by Crippen LogP contribution is 2.17. The number of nitrogens with zero attached hydrogens (tertiary/aromatic N) is 2. The summed E-state index contributed by atoms with van der Waals surface area (Å²) in [7, 11) is 1.66. The number of carbonyl (C=O) groups is 2. The van der Waals surface area contributed by atoms with Crippen molar-refractivity contribution in [1.29, 1.82) is 0 Å². The molecule has 1 aromatic heterocycles. The van der Waals surface area contributed by atoms with Crippen LogP contribution in [0.1, 0.15) is 41.6 Å². The van der Waals surface area contributed by atoms with E-state index in [0.29, 0.717) is 22.6 Å². The van der Waals surface area contributed by atoms with Gasteiger partial charge in [-0.3, -0.25) is 9.59 Å². The lowest BCUT2D eigenvalue weighted by Gasteiger charge is -2.21. The van der Waals surface area contributed by atoms with E-state index in [2.05, 4.69) is 10.3 Å². The lowest BCUT2D eigenvalue weighted by Crippen LogP contribution is -2.40. The van der Waals surface area contributed by atoms with E-state index in [1.807, 2.05) is 20.8 Å². The lowest BCUT2D eigenvalue weighted by atomic mass is 10.1. The van der Waals surface area contributed by atoms with Gasteiger partial charge < -0.3 is 16.0 Å². The fraction of sp³-hybridized carbons (Fsp3) is 0.278. The molecule has 24 heavy (non-hydrogen) atoms. The predicted molar refractivity (Wildman–Crippen MR) is 95.0 cm³/mol. The molecule has 6 heteroatoms. The summed E-state index contributed by atoms with van der Waals surface area (Å²) in [5, 5.41) is 2.90. The molecule has 0 saturated carbocycles. The zero-order valence-corrected chi connectivity index (χ0v) is 14.3. The molecule has 0 atom stereocenters. The Morgan fingerprint density at radius 2 is 1.71 bits per heavy atom. The van der Waals surface area contributed by atoms with Crippen molar-refractivity contribution < 1.29 is 9.59 Å². The Kier molecular flexibility index (Phi) is 4.87. The first-order valence-corrected chi connectivity index (χ1v) is 7.59. The quantitative estimate of drug-likeness (QED) is 0.907. The molecule has 1 aromatic carbocycles. The Morgan fingerprint density at radius 1 is 1.08 bits per heavy atom. The largest absolute Gasteiger partial charge is 0.397 e. The van der Waals surface area contributed by atoms with Crippen LogP contribution in [0, 0.1) is 0 Å². The number of carbonyl (C=O) groups excluding carboxylic acids is 2. The van der Waals surface area contributed by atoms with E-state index in [4.69, 9.17) is 5.73 Å². The first-order valence-electron chi connectivity index (χ1n) is 7.59. The highest BCUT2D eigenvalue weighted by molar-refractivity contribution is 6.04. The number of benzene rings is 1. The number of rotatable bonds is 3. The molecule has 0 aliphatic carbocycles. The van der Waals surface area contributed by atoms with Crippen LogP contribution in [0.2, 0.25) is 0 Å². The minimum Gasteiger partial charge on any atom is -0.397 e. The number of pyridine rings is 1. The van der Waals surface area contributed by atoms with Gasteiger partial charge in [0.2, 0.25) is 0 Å². The van der Waals surface area contributed by atoms with E-state index in [9.17, 15) is 9.59 Å². The van der Waals surface area contributed by atoms with Gasteiger partial charge in [0, 0.05) is 23.8 Å². The van der Waals surface area contributed by atoms with Gasteiger partial charge in [0.05, 0.1) is 11.9 Å². The van der Waals surface area contributed by atoms with Crippen molar-refractivity contribution in [2.75, 3.05) is 17.7 Å². The monoisotopic (exact) mass is 326 g/mol. The third-order valence-corrected chi connectivity index (χ3v) is 3.32. The molecule has 1 heterocycles. The van der Waals surface area contributed by atoms with Crippen LogP contribution >= 0.6 is 0 Å². The molecule has 0 aliphatic heterocycles. The number of amides is 2. The molecule has 2 amide bonds. The molecule has 6 nitrogen and oxygen atoms in total. The fourth-order valence-electron chi connectivity index (χ4n) is 2.07. The highest BCUT2D eigenvalue weighted by Gasteiger charge is 2.17. The maximum atomic E-state index is 12.4. The number of hydrogen-bond acceptors (Lipinski definition) is 4. The second-order valence-electron chi connectivity index (χ2n) is 6.59. The van der Waals surface area contributed by atoms with Gasteiger partial charge in [0.25, 0.3) is 11.8 Å². The van der Waals surface area contributed by atoms with Crippen LogP contribution in [-0.4, -0.2) is 29.4 Å². The van der Waals surface area contributed by atoms with Gasteiger partial charge in [-0.25, -0.2) is 4.98 Å². The van der Waals surface area contributed by atoms with Crippen LogP contribution in [0.5, 0.6) is 0 Å². The van der Waals surface area contributed by atoms with E-state index in [0.717, 1.165) is 0 Å². The third kappa shape index (κ3) is 4.32. The summed E-state index contributed by atoms with van der Waals surface area (Å²) in [6.45, 7) is 5.77. The minimum atomic E-state index is -0.302. The van der Waals surface area contributed by atoms with E-state index < -0.39 is 0 Å². The molecule has 0 saturated heterocycles. The molecule has 2 rings (SSSR count). The predicted octanol–water partition coefficient (Wildman–Crippen LogP) is 2.47. The standard InChI is InChI=1S/C18H22N4O2/c1-18(2,3)21-16(23)12-5-8-14(9-6-12)22(4)17(24)15-10-7-13(19)11-20-15/h5-11H,19H2,1-4H3,(H,21,23). The molecular weight excluding hydrogens is 304 g/mol. The Hall–Kier alpha value is -2.89. The molecule has 2 aromatic rings. The number of hydrogen-bond donors (Lipinski definition) is 2. The van der Waals surface area contributed by atoms with Gasteiger partial charge in [-0.15, -0.1) is 0 Å². The van der Waals surface area contributed by atoms with E-state index >= 15 is 0 Å². The van der Waals surface area contributed by atoms with Crippen LogP contribution in [0.4, 0.5) is 11.4 Å². The van der Waals surface area contributed by atoms with Crippen LogP contribution in [-0.2, 0) is 0 Å². The van der Waals surface area contributed by atoms with Crippen LogP contribution in [0.25, 0.3) is 0 Å². The highest BCUT2D eigenvalue weighted by atomic mass is 16.2. The van der Waals surface area contributed by atoms with Crippen molar-refractivity contribution in [2.24, 2.45) is 0 Å². The van der Waals surface area contributed by atoms with E-state index in [-0.39, 0.29) is 17.4 Å². The number of nitrogen functional groups attached to an aromatic ring is 1. The topological polar surface area (TPSA) is 88.3 Å². The van der Waals surface area contributed by atoms with Crippen molar-refractivity contribution in [3.05, 3.63) is 53.9 Å². The Labute approximate surface area is 141 Å². The van der Waals surface area contributed by atoms with Gasteiger partial charge >= 0.3 is 0 Å². The van der Waals surface area contributed by atoms with Gasteiger partial charge in [-0.2, -0.15) is 0 Å². The average molecular weight is 326 g/mol. The van der Waals surface area contributed by atoms with Crippen LogP contribution in [0.3, 0.4) is 0 Å². The summed E-state index contributed by atoms with van der Waals surface area (Å²) in [5.41, 5.74) is 7.30. The lowest BCUT2D eigenvalue weighted by molar-refractivity contribution is 0.0919. The van der Waals surface area contributed by atoms with Crippen molar-refractivity contribution in [1.82, 2.24) is 10.3 Å². The fourth-order valence-corrected chi connectivity index (χ4v) is 2.07. The summed E-state index contributed by atoms with van der Waals surface area (Å²) in [5.74, 6) is -0.398. The van der Waals surface area contributed by atoms with Crippen molar-refractivity contribution >= 4 is 23.2 Å². The van der Waals surface area contributed by atoms with Crippen molar-refractivity contribution in [3.63, 3.8) is 0 Å². The SMILES string of the molecule is CN(C(=O)c1ccc(N)cn1)c1ccc(C(=O)NC(C)(C)C)cc1. The Bertz CT molecular complexity index is 731. The van der Waals surface area contributed by atoms with Crippen LogP contribution < -0.4 is 16.0 Å². The summed E-state index contributed by atoms with van der Waals surface area (Å²) in [4.78, 5) is 30.0. The van der Waals surface area contributed by atoms with E-state index in [1.54, 1.807) is 43.4 Å². The van der Waals surface area contributed by atoms with Crippen molar-refractivity contribution in [2.45, 2.75) is 26.3 Å². The number of nitrogens with one attached hydrogen (secondary N) is 1. The molecule has 0 radical (unpaired) electrons. The summed E-state index contributed by atoms with van der Waals surface area (Å²) in [6.07, 6.45) is 1.45. The summed E-state index contributed by atoms with van der Waals surface area (Å²) in [6, 6.07) is 10.1. The summed E-state index contributed by atoms with van der Waals surface area (Å²) < 4.78 is 0. The average Bonchev–Trinajstić information content (AvgIpc) is 2.53. The molecular formula is C18H22N4O2. The normalized spacial score (nSPS) is 11.0. The Morgan fingerprint density at radius 3 is 2.21 bits per heavy atom. The molecule has 0 aliphatic rings. The minimum absolute atomic E-state index is 0.150. The van der Waals surface area contributed by atoms with Crippen molar-refractivity contribution in [3.8, 4) is 0 Å². The molecule has 0 bridgehead atoms. The van der Waals surface area contributed by atoms with Gasteiger partial charge in [0.15, 0.2) is 0 Å². The smallest absolute Gasteiger partial charge is 0.276 e. The molecule has 3 N–H and O–H groups in total.